The largest absolute Gasteiger partial charge is 0.484 e. The summed E-state index contributed by atoms with van der Waals surface area (Å²) in [4.78, 5) is 17.3. The number of hydrogen-bond acceptors (Lipinski definition) is 6. The molecule has 0 radical (unpaired) electrons. The third kappa shape index (κ3) is 4.95. The van der Waals surface area contributed by atoms with Gasteiger partial charge in [0.05, 0.1) is 20.5 Å². The molecule has 0 atom stereocenters. The monoisotopic (exact) mass is 478 g/mol. The molecule has 0 spiro atoms. The van der Waals surface area contributed by atoms with E-state index in [1.165, 1.54) is 23.5 Å². The average Bonchev–Trinajstić information content (AvgIpc) is 3.28. The molecule has 0 bridgehead atoms. The number of carbonyl (C=O) groups excluding carboxylic acids is 1. The lowest BCUT2D eigenvalue weighted by Crippen LogP contribution is -2.20. The lowest BCUT2D eigenvalue weighted by atomic mass is 10.2. The summed E-state index contributed by atoms with van der Waals surface area (Å²) in [5.74, 6) is 2.94. The highest BCUT2D eigenvalue weighted by Crippen LogP contribution is 2.43. The smallest absolute Gasteiger partial charge is 0.262 e. The Morgan fingerprint density at radius 2 is 1.72 bits per heavy atom. The predicted molar refractivity (Wildman–Crippen MR) is 138 cm³/mol. The van der Waals surface area contributed by atoms with Gasteiger partial charge in [-0.1, -0.05) is 36.4 Å². The number of rotatable bonds is 6. The number of nitrogens with zero attached hydrogens (tertiary/aromatic N) is 1. The van der Waals surface area contributed by atoms with Crippen LogP contribution in [0.1, 0.15) is 16.6 Å². The molecule has 5 rings (SSSR count). The first-order valence-corrected chi connectivity index (χ1v) is 13.4. The van der Waals surface area contributed by atoms with Gasteiger partial charge < -0.3 is 10.1 Å². The van der Waals surface area contributed by atoms with Crippen molar-refractivity contribution in [1.29, 1.82) is 0 Å². The van der Waals surface area contributed by atoms with Gasteiger partial charge in [0.25, 0.3) is 5.91 Å². The van der Waals surface area contributed by atoms with Gasteiger partial charge in [-0.15, -0.1) is 34.9 Å². The Morgan fingerprint density at radius 3 is 2.53 bits per heavy atom. The molecule has 162 valence electrons. The molecular formula is C25H22N2O2S3. The summed E-state index contributed by atoms with van der Waals surface area (Å²) in [5, 5.41) is 3.87. The molecule has 1 aromatic heterocycles. The first-order valence-electron chi connectivity index (χ1n) is 10.5. The molecule has 1 aliphatic rings. The minimum Gasteiger partial charge on any atom is -0.484 e. The Morgan fingerprint density at radius 1 is 0.969 bits per heavy atom. The van der Waals surface area contributed by atoms with Crippen LogP contribution in [0.2, 0.25) is 0 Å². The van der Waals surface area contributed by atoms with Gasteiger partial charge in [0, 0.05) is 5.56 Å². The maximum Gasteiger partial charge on any atom is 0.262 e. The molecule has 1 saturated heterocycles. The van der Waals surface area contributed by atoms with Crippen molar-refractivity contribution in [2.24, 2.45) is 0 Å². The fourth-order valence-corrected chi connectivity index (χ4v) is 7.40. The molecule has 7 heteroatoms. The van der Waals surface area contributed by atoms with E-state index >= 15 is 0 Å². The van der Waals surface area contributed by atoms with Crippen LogP contribution >= 0.6 is 34.9 Å². The number of anilines is 1. The number of aromatic nitrogens is 1. The fraction of sp³-hybridized carbons (Fsp3) is 0.200. The highest BCUT2D eigenvalue weighted by molar-refractivity contribution is 8.16. The van der Waals surface area contributed by atoms with E-state index < -0.39 is 0 Å². The van der Waals surface area contributed by atoms with Crippen LogP contribution in [0, 0.1) is 0 Å². The quantitative estimate of drug-likeness (QED) is 0.328. The van der Waals surface area contributed by atoms with Crippen LogP contribution in [0.4, 0.5) is 5.69 Å². The van der Waals surface area contributed by atoms with Crippen molar-refractivity contribution in [2.75, 3.05) is 23.4 Å². The first-order chi connectivity index (χ1) is 15.8. The molecule has 1 fully saturated rings. The normalized spacial score (nSPS) is 14.4. The minimum absolute atomic E-state index is 0.0412. The number of fused-ring (bicyclic) bond motifs is 1. The second-order valence-electron chi connectivity index (χ2n) is 7.37. The van der Waals surface area contributed by atoms with Crippen molar-refractivity contribution in [2.45, 2.75) is 11.0 Å². The molecule has 0 saturated carbocycles. The average molecular weight is 479 g/mol. The number of benzene rings is 3. The van der Waals surface area contributed by atoms with Crippen molar-refractivity contribution in [3.63, 3.8) is 0 Å². The van der Waals surface area contributed by atoms with E-state index in [1.807, 2.05) is 78.1 Å². The number of amides is 1. The summed E-state index contributed by atoms with van der Waals surface area (Å²) in [7, 11) is 0. The topological polar surface area (TPSA) is 51.2 Å². The Labute approximate surface area is 199 Å². The van der Waals surface area contributed by atoms with Crippen LogP contribution in [0.25, 0.3) is 20.8 Å². The third-order valence-electron chi connectivity index (χ3n) is 5.07. The van der Waals surface area contributed by atoms with Crippen LogP contribution < -0.4 is 10.1 Å². The molecular weight excluding hydrogens is 456 g/mol. The van der Waals surface area contributed by atoms with Crippen molar-refractivity contribution in [3.05, 3.63) is 78.4 Å². The molecule has 1 amide bonds. The minimum atomic E-state index is -0.193. The molecule has 1 N–H and O–H groups in total. The zero-order valence-electron chi connectivity index (χ0n) is 17.3. The zero-order valence-corrected chi connectivity index (χ0v) is 19.8. The summed E-state index contributed by atoms with van der Waals surface area (Å²) < 4.78 is 7.36. The van der Waals surface area contributed by atoms with Gasteiger partial charge in [0.15, 0.2) is 6.61 Å². The second-order valence-corrected chi connectivity index (χ2v) is 11.1. The molecule has 2 heterocycles. The van der Waals surface area contributed by atoms with E-state index in [9.17, 15) is 4.79 Å². The summed E-state index contributed by atoms with van der Waals surface area (Å²) >= 11 is 5.61. The van der Waals surface area contributed by atoms with Gasteiger partial charge in [-0.3, -0.25) is 4.79 Å². The third-order valence-corrected chi connectivity index (χ3v) is 9.16. The van der Waals surface area contributed by atoms with Crippen molar-refractivity contribution < 1.29 is 9.53 Å². The second kappa shape index (κ2) is 9.98. The zero-order chi connectivity index (χ0) is 21.8. The summed E-state index contributed by atoms with van der Waals surface area (Å²) in [6.07, 6.45) is 1.28. The number of thioether (sulfide) groups is 2. The maximum atomic E-state index is 12.6. The molecule has 0 unspecified atom stereocenters. The Bertz CT molecular complexity index is 1180. The predicted octanol–water partition coefficient (Wildman–Crippen LogP) is 6.85. The molecule has 4 aromatic rings. The lowest BCUT2D eigenvalue weighted by Gasteiger charge is -2.21. The number of ether oxygens (including phenoxy) is 1. The standard InChI is InChI=1S/C25H22N2O2S3/c28-23(16-29-18-12-10-17(11-13-18)25-30-14-5-15-31-25)26-20-7-2-1-6-19(20)24-27-21-8-3-4-9-22(21)32-24/h1-4,6-13,25H,5,14-16H2,(H,26,28). The first kappa shape index (κ1) is 21.4. The Balaban J connectivity index is 1.23. The fourth-order valence-electron chi connectivity index (χ4n) is 3.50. The van der Waals surface area contributed by atoms with E-state index in [0.717, 1.165) is 26.5 Å². The Kier molecular flexibility index (Phi) is 6.67. The van der Waals surface area contributed by atoms with E-state index in [4.69, 9.17) is 9.72 Å². The van der Waals surface area contributed by atoms with Crippen molar-refractivity contribution in [1.82, 2.24) is 4.98 Å². The molecule has 3 aromatic carbocycles. The van der Waals surface area contributed by atoms with Crippen LogP contribution in [0.15, 0.2) is 72.8 Å². The van der Waals surface area contributed by atoms with Crippen LogP contribution in [-0.4, -0.2) is 29.0 Å². The van der Waals surface area contributed by atoms with E-state index in [1.54, 1.807) is 11.3 Å². The van der Waals surface area contributed by atoms with Crippen molar-refractivity contribution >= 4 is 56.7 Å². The summed E-state index contributed by atoms with van der Waals surface area (Å²) in [6, 6.07) is 23.9. The molecule has 4 nitrogen and oxygen atoms in total. The number of para-hydroxylation sites is 2. The number of thiazole rings is 1. The van der Waals surface area contributed by atoms with E-state index in [0.29, 0.717) is 10.3 Å². The summed E-state index contributed by atoms with van der Waals surface area (Å²) in [5.41, 5.74) is 3.92. The lowest BCUT2D eigenvalue weighted by molar-refractivity contribution is -0.118. The van der Waals surface area contributed by atoms with Gasteiger partial charge >= 0.3 is 0 Å². The van der Waals surface area contributed by atoms with Gasteiger partial charge in [0.2, 0.25) is 0 Å². The van der Waals surface area contributed by atoms with Crippen molar-refractivity contribution in [3.8, 4) is 16.3 Å². The van der Waals surface area contributed by atoms with E-state index in [2.05, 4.69) is 23.5 Å². The van der Waals surface area contributed by atoms with Crippen LogP contribution in [-0.2, 0) is 4.79 Å². The Hall–Kier alpha value is -2.48. The van der Waals surface area contributed by atoms with E-state index in [-0.39, 0.29) is 12.5 Å². The van der Waals surface area contributed by atoms with Gasteiger partial charge in [-0.2, -0.15) is 0 Å². The molecule has 32 heavy (non-hydrogen) atoms. The highest BCUT2D eigenvalue weighted by Gasteiger charge is 2.17. The number of carbonyl (C=O) groups is 1. The summed E-state index contributed by atoms with van der Waals surface area (Å²) in [6.45, 7) is -0.0412. The van der Waals surface area contributed by atoms with Gasteiger partial charge in [-0.05, 0) is 59.9 Å². The van der Waals surface area contributed by atoms with Gasteiger partial charge in [0.1, 0.15) is 10.8 Å². The molecule has 1 aliphatic heterocycles. The molecule has 0 aliphatic carbocycles. The van der Waals surface area contributed by atoms with Crippen LogP contribution in [0.5, 0.6) is 5.75 Å². The highest BCUT2D eigenvalue weighted by atomic mass is 32.2. The van der Waals surface area contributed by atoms with Gasteiger partial charge in [-0.25, -0.2) is 4.98 Å². The SMILES string of the molecule is O=C(COc1ccc(C2SCCCS2)cc1)Nc1ccccc1-c1nc2ccccc2s1. The number of hydrogen-bond donors (Lipinski definition) is 1. The maximum absolute atomic E-state index is 12.6. The van der Waals surface area contributed by atoms with Crippen LogP contribution in [0.3, 0.4) is 0 Å². The number of nitrogens with one attached hydrogen (secondary N) is 1.